The van der Waals surface area contributed by atoms with Crippen molar-refractivity contribution in [1.82, 2.24) is 4.90 Å². The van der Waals surface area contributed by atoms with Crippen molar-refractivity contribution in [3.05, 3.63) is 12.7 Å². The van der Waals surface area contributed by atoms with Gasteiger partial charge in [0.05, 0.1) is 13.1 Å². The Morgan fingerprint density at radius 1 is 1.79 bits per heavy atom. The molecule has 0 N–H and O–H groups in total. The summed E-state index contributed by atoms with van der Waals surface area (Å²) < 4.78 is 4.87. The molecule has 78 valence electrons. The van der Waals surface area contributed by atoms with Crippen molar-refractivity contribution < 1.29 is 9.53 Å². The highest BCUT2D eigenvalue weighted by Gasteiger charge is 2.14. The number of amidine groups is 1. The van der Waals surface area contributed by atoms with Crippen molar-refractivity contribution in [2.24, 2.45) is 4.99 Å². The fourth-order valence-corrected chi connectivity index (χ4v) is 1.39. The molecular formula is C10H16N2O2. The van der Waals surface area contributed by atoms with Crippen molar-refractivity contribution in [2.75, 3.05) is 26.2 Å². The van der Waals surface area contributed by atoms with E-state index < -0.39 is 0 Å². The molecule has 0 aromatic carbocycles. The van der Waals surface area contributed by atoms with Crippen molar-refractivity contribution in [2.45, 2.75) is 13.3 Å². The van der Waals surface area contributed by atoms with Gasteiger partial charge in [-0.25, -0.2) is 0 Å². The van der Waals surface area contributed by atoms with E-state index in [-0.39, 0.29) is 5.97 Å². The van der Waals surface area contributed by atoms with Crippen LogP contribution in [0.3, 0.4) is 0 Å². The van der Waals surface area contributed by atoms with Crippen LogP contribution in [0.25, 0.3) is 0 Å². The van der Waals surface area contributed by atoms with Gasteiger partial charge in [-0.3, -0.25) is 9.79 Å². The second kappa shape index (κ2) is 5.42. The zero-order chi connectivity index (χ0) is 10.4. The van der Waals surface area contributed by atoms with E-state index in [0.29, 0.717) is 6.61 Å². The SMILES string of the molecule is C=CCC1=NCCN1CCOC(C)=O. The fourth-order valence-electron chi connectivity index (χ4n) is 1.39. The van der Waals surface area contributed by atoms with Crippen LogP contribution < -0.4 is 0 Å². The molecule has 1 rings (SSSR count). The zero-order valence-electron chi connectivity index (χ0n) is 8.53. The predicted molar refractivity (Wildman–Crippen MR) is 55.3 cm³/mol. The Bertz CT molecular complexity index is 249. The van der Waals surface area contributed by atoms with Gasteiger partial charge in [0.25, 0.3) is 0 Å². The van der Waals surface area contributed by atoms with Crippen molar-refractivity contribution >= 4 is 11.8 Å². The lowest BCUT2D eigenvalue weighted by atomic mass is 10.3. The third-order valence-corrected chi connectivity index (χ3v) is 2.02. The molecule has 0 bridgehead atoms. The second-order valence-electron chi connectivity index (χ2n) is 3.12. The Kier molecular flexibility index (Phi) is 4.16. The summed E-state index contributed by atoms with van der Waals surface area (Å²) in [6, 6.07) is 0. The maximum Gasteiger partial charge on any atom is 0.302 e. The summed E-state index contributed by atoms with van der Waals surface area (Å²) in [6.45, 7) is 8.02. The normalized spacial score (nSPS) is 15.2. The number of rotatable bonds is 5. The zero-order valence-corrected chi connectivity index (χ0v) is 8.53. The highest BCUT2D eigenvalue weighted by atomic mass is 16.5. The molecule has 4 nitrogen and oxygen atoms in total. The van der Waals surface area contributed by atoms with Gasteiger partial charge < -0.3 is 9.64 Å². The molecule has 0 fully saturated rings. The number of carbonyl (C=O) groups is 1. The van der Waals surface area contributed by atoms with E-state index in [1.165, 1.54) is 6.92 Å². The van der Waals surface area contributed by atoms with Gasteiger partial charge >= 0.3 is 5.97 Å². The monoisotopic (exact) mass is 196 g/mol. The van der Waals surface area contributed by atoms with Crippen LogP contribution in [0.15, 0.2) is 17.6 Å². The number of nitrogens with zero attached hydrogens (tertiary/aromatic N) is 2. The summed E-state index contributed by atoms with van der Waals surface area (Å²) in [5.41, 5.74) is 0. The third kappa shape index (κ3) is 3.20. The van der Waals surface area contributed by atoms with Gasteiger partial charge in [-0.15, -0.1) is 6.58 Å². The van der Waals surface area contributed by atoms with E-state index in [0.717, 1.165) is 31.9 Å². The average molecular weight is 196 g/mol. The van der Waals surface area contributed by atoms with Crippen LogP contribution in [-0.4, -0.2) is 42.9 Å². The number of hydrogen-bond acceptors (Lipinski definition) is 4. The highest BCUT2D eigenvalue weighted by molar-refractivity contribution is 5.84. The molecule has 4 heteroatoms. The van der Waals surface area contributed by atoms with Crippen LogP contribution >= 0.6 is 0 Å². The molecule has 0 radical (unpaired) electrons. The van der Waals surface area contributed by atoms with E-state index in [1.54, 1.807) is 0 Å². The first-order chi connectivity index (χ1) is 6.74. The maximum absolute atomic E-state index is 10.5. The first-order valence-electron chi connectivity index (χ1n) is 4.76. The molecule has 0 aromatic rings. The molecule has 1 aliphatic rings. The van der Waals surface area contributed by atoms with Crippen molar-refractivity contribution in [3.8, 4) is 0 Å². The molecule has 0 saturated heterocycles. The number of ether oxygens (including phenoxy) is 1. The standard InChI is InChI=1S/C10H16N2O2/c1-3-4-10-11-5-6-12(10)7-8-14-9(2)13/h3H,1,4-8H2,2H3. The van der Waals surface area contributed by atoms with Gasteiger partial charge in [0, 0.05) is 19.9 Å². The molecule has 1 aliphatic heterocycles. The number of hydrogen-bond donors (Lipinski definition) is 0. The van der Waals surface area contributed by atoms with Crippen LogP contribution in [-0.2, 0) is 9.53 Å². The Hall–Kier alpha value is -1.32. The minimum atomic E-state index is -0.230. The van der Waals surface area contributed by atoms with Crippen molar-refractivity contribution in [3.63, 3.8) is 0 Å². The van der Waals surface area contributed by atoms with Gasteiger partial charge in [-0.2, -0.15) is 0 Å². The first kappa shape index (κ1) is 10.8. The molecule has 0 aromatic heterocycles. The molecule has 0 unspecified atom stereocenters. The summed E-state index contributed by atoms with van der Waals surface area (Å²) in [4.78, 5) is 17.0. The molecule has 0 saturated carbocycles. The Morgan fingerprint density at radius 3 is 3.21 bits per heavy atom. The van der Waals surface area contributed by atoms with Gasteiger partial charge in [0.1, 0.15) is 12.4 Å². The largest absolute Gasteiger partial charge is 0.464 e. The average Bonchev–Trinajstić information content (AvgIpc) is 2.53. The van der Waals surface area contributed by atoms with Gasteiger partial charge in [0.15, 0.2) is 0 Å². The minimum absolute atomic E-state index is 0.230. The minimum Gasteiger partial charge on any atom is -0.464 e. The van der Waals surface area contributed by atoms with E-state index in [4.69, 9.17) is 4.74 Å². The van der Waals surface area contributed by atoms with Gasteiger partial charge in [-0.05, 0) is 0 Å². The number of carbonyl (C=O) groups excluding carboxylic acids is 1. The Balaban J connectivity index is 2.27. The van der Waals surface area contributed by atoms with Crippen LogP contribution in [0, 0.1) is 0 Å². The van der Waals surface area contributed by atoms with Gasteiger partial charge in [0.2, 0.25) is 0 Å². The first-order valence-corrected chi connectivity index (χ1v) is 4.76. The summed E-state index contributed by atoms with van der Waals surface area (Å²) in [7, 11) is 0. The lowest BCUT2D eigenvalue weighted by Crippen LogP contribution is -2.31. The van der Waals surface area contributed by atoms with E-state index >= 15 is 0 Å². The predicted octanol–water partition coefficient (Wildman–Crippen LogP) is 0.840. The molecular weight excluding hydrogens is 180 g/mol. The molecule has 0 spiro atoms. The molecule has 0 atom stereocenters. The Morgan fingerprint density at radius 2 is 2.57 bits per heavy atom. The number of esters is 1. The lowest BCUT2D eigenvalue weighted by molar-refractivity contribution is -0.141. The van der Waals surface area contributed by atoms with Crippen LogP contribution in [0.5, 0.6) is 0 Å². The summed E-state index contributed by atoms with van der Waals surface area (Å²) in [5.74, 6) is 0.818. The van der Waals surface area contributed by atoms with Gasteiger partial charge in [-0.1, -0.05) is 6.08 Å². The number of aliphatic imine (C=N–C) groups is 1. The quantitative estimate of drug-likeness (QED) is 0.483. The lowest BCUT2D eigenvalue weighted by Gasteiger charge is -2.18. The van der Waals surface area contributed by atoms with Crippen molar-refractivity contribution in [1.29, 1.82) is 0 Å². The smallest absolute Gasteiger partial charge is 0.302 e. The van der Waals surface area contributed by atoms with Crippen LogP contribution in [0.4, 0.5) is 0 Å². The highest BCUT2D eigenvalue weighted by Crippen LogP contribution is 2.04. The molecule has 1 heterocycles. The summed E-state index contributed by atoms with van der Waals surface area (Å²) in [6.07, 6.45) is 2.63. The van der Waals surface area contributed by atoms with Crippen LogP contribution in [0.1, 0.15) is 13.3 Å². The maximum atomic E-state index is 10.5. The summed E-state index contributed by atoms with van der Waals surface area (Å²) in [5, 5.41) is 0. The van der Waals surface area contributed by atoms with E-state index in [9.17, 15) is 4.79 Å². The second-order valence-corrected chi connectivity index (χ2v) is 3.12. The molecule has 0 aliphatic carbocycles. The molecule has 14 heavy (non-hydrogen) atoms. The Labute approximate surface area is 84.3 Å². The third-order valence-electron chi connectivity index (χ3n) is 2.02. The van der Waals surface area contributed by atoms with E-state index in [2.05, 4.69) is 16.5 Å². The van der Waals surface area contributed by atoms with Crippen LogP contribution in [0.2, 0.25) is 0 Å². The summed E-state index contributed by atoms with van der Waals surface area (Å²) >= 11 is 0. The fraction of sp³-hybridized carbons (Fsp3) is 0.600. The molecule has 0 amide bonds. The van der Waals surface area contributed by atoms with E-state index in [1.807, 2.05) is 6.08 Å². The topological polar surface area (TPSA) is 41.9 Å².